The topological polar surface area (TPSA) is 110 Å². The minimum atomic E-state index is -4.68. The summed E-state index contributed by atoms with van der Waals surface area (Å²) in [5.74, 6) is 3.35. The molecule has 0 saturated carbocycles. The van der Waals surface area contributed by atoms with E-state index < -0.39 is 34.8 Å². The molecule has 0 radical (unpaired) electrons. The zero-order chi connectivity index (χ0) is 16.4. The van der Waals surface area contributed by atoms with Gasteiger partial charge in [-0.05, 0) is 26.0 Å². The summed E-state index contributed by atoms with van der Waals surface area (Å²) in [4.78, 5) is 23.2. The Bertz CT molecular complexity index is 570. The number of carbonyl (C=O) groups excluding carboxylic acids is 2. The van der Waals surface area contributed by atoms with Crippen LogP contribution in [0.4, 0.5) is 18.9 Å². The number of nitrogens with two attached hydrogens (primary N) is 2. The van der Waals surface area contributed by atoms with Gasteiger partial charge in [-0.3, -0.25) is 15.4 Å². The summed E-state index contributed by atoms with van der Waals surface area (Å²) in [5, 5.41) is 2.25. The van der Waals surface area contributed by atoms with Gasteiger partial charge in [-0.2, -0.15) is 13.2 Å². The van der Waals surface area contributed by atoms with E-state index in [1.54, 1.807) is 0 Å². The van der Waals surface area contributed by atoms with Gasteiger partial charge in [0.25, 0.3) is 5.91 Å². The maximum atomic E-state index is 12.8. The number of anilines is 1. The van der Waals surface area contributed by atoms with Crippen molar-refractivity contribution >= 4 is 17.5 Å². The van der Waals surface area contributed by atoms with Gasteiger partial charge in [0, 0.05) is 0 Å². The zero-order valence-corrected chi connectivity index (χ0v) is 11.3. The first-order valence-corrected chi connectivity index (χ1v) is 5.80. The number of rotatable bonds is 4. The van der Waals surface area contributed by atoms with Crippen LogP contribution in [0.25, 0.3) is 0 Å². The van der Waals surface area contributed by atoms with Crippen LogP contribution in [0, 0.1) is 0 Å². The Balaban J connectivity index is 3.26. The zero-order valence-electron chi connectivity index (χ0n) is 11.3. The first kappa shape index (κ1) is 16.8. The highest BCUT2D eigenvalue weighted by Crippen LogP contribution is 2.36. The predicted molar refractivity (Wildman–Crippen MR) is 70.0 cm³/mol. The van der Waals surface area contributed by atoms with E-state index in [9.17, 15) is 22.8 Å². The summed E-state index contributed by atoms with van der Waals surface area (Å²) in [6.45, 7) is 2.66. The monoisotopic (exact) mass is 304 g/mol. The minimum Gasteiger partial charge on any atom is -0.368 e. The molecule has 0 unspecified atom stereocenters. The Morgan fingerprint density at radius 2 is 1.76 bits per heavy atom. The highest BCUT2D eigenvalue weighted by molar-refractivity contribution is 6.03. The maximum Gasteiger partial charge on any atom is 0.418 e. The number of nitrogen functional groups attached to an aromatic ring is 1. The van der Waals surface area contributed by atoms with Crippen molar-refractivity contribution in [1.82, 2.24) is 5.32 Å². The van der Waals surface area contributed by atoms with Crippen molar-refractivity contribution in [3.63, 3.8) is 0 Å². The molecule has 6 N–H and O–H groups in total. The molecular weight excluding hydrogens is 289 g/mol. The van der Waals surface area contributed by atoms with Gasteiger partial charge in [0.2, 0.25) is 5.91 Å². The largest absolute Gasteiger partial charge is 0.418 e. The molecule has 0 atom stereocenters. The third kappa shape index (κ3) is 3.63. The van der Waals surface area contributed by atoms with E-state index in [1.807, 2.05) is 5.43 Å². The maximum absolute atomic E-state index is 12.8. The molecule has 0 aliphatic carbocycles. The van der Waals surface area contributed by atoms with Crippen LogP contribution in [0.5, 0.6) is 0 Å². The number of hydrogen-bond donors (Lipinski definition) is 4. The summed E-state index contributed by atoms with van der Waals surface area (Å²) in [6, 6.07) is 3.00. The lowest BCUT2D eigenvalue weighted by Crippen LogP contribution is -2.53. The highest BCUT2D eigenvalue weighted by Gasteiger charge is 2.36. The number of para-hydroxylation sites is 1. The number of halogens is 3. The van der Waals surface area contributed by atoms with Crippen molar-refractivity contribution in [2.75, 3.05) is 5.43 Å². The summed E-state index contributed by atoms with van der Waals surface area (Å²) >= 11 is 0. The van der Waals surface area contributed by atoms with E-state index >= 15 is 0 Å². The van der Waals surface area contributed by atoms with E-state index in [-0.39, 0.29) is 5.56 Å². The van der Waals surface area contributed by atoms with Crippen molar-refractivity contribution in [3.05, 3.63) is 29.3 Å². The van der Waals surface area contributed by atoms with Crippen molar-refractivity contribution in [1.29, 1.82) is 0 Å². The van der Waals surface area contributed by atoms with E-state index in [0.29, 0.717) is 0 Å². The molecule has 0 aliphatic heterocycles. The van der Waals surface area contributed by atoms with Gasteiger partial charge in [0.1, 0.15) is 5.54 Å². The van der Waals surface area contributed by atoms with Crippen LogP contribution in [-0.4, -0.2) is 17.4 Å². The first-order valence-electron chi connectivity index (χ1n) is 5.80. The van der Waals surface area contributed by atoms with Crippen LogP contribution in [0.15, 0.2) is 18.2 Å². The lowest BCUT2D eigenvalue weighted by molar-refractivity contribution is -0.137. The van der Waals surface area contributed by atoms with Gasteiger partial charge in [-0.25, -0.2) is 0 Å². The summed E-state index contributed by atoms with van der Waals surface area (Å²) in [5.41, 5.74) is 3.53. The lowest BCUT2D eigenvalue weighted by Gasteiger charge is -2.23. The fourth-order valence-electron chi connectivity index (χ4n) is 1.55. The number of amides is 2. The molecule has 0 aliphatic rings. The number of nitrogens with one attached hydrogen (secondary N) is 2. The average molecular weight is 304 g/mol. The second-order valence-corrected chi connectivity index (χ2v) is 4.81. The molecule has 0 spiro atoms. The number of benzene rings is 1. The van der Waals surface area contributed by atoms with Gasteiger partial charge < -0.3 is 16.5 Å². The number of hydrazine groups is 1. The predicted octanol–water partition coefficient (Wildman–Crippen LogP) is 0.985. The van der Waals surface area contributed by atoms with Gasteiger partial charge in [0.05, 0.1) is 16.8 Å². The van der Waals surface area contributed by atoms with Crippen LogP contribution < -0.4 is 22.3 Å². The second kappa shape index (κ2) is 5.60. The molecule has 0 aromatic heterocycles. The molecule has 2 amide bonds. The van der Waals surface area contributed by atoms with Gasteiger partial charge in [-0.15, -0.1) is 0 Å². The number of alkyl halides is 3. The van der Waals surface area contributed by atoms with E-state index in [4.69, 9.17) is 11.6 Å². The van der Waals surface area contributed by atoms with Crippen LogP contribution in [0.3, 0.4) is 0 Å². The standard InChI is InChI=1S/C12H15F3N4O2/c1-11(2,10(16)21)18-9(20)6-4-3-5-7(8(6)19-17)12(13,14)15/h3-5,19H,17H2,1-2H3,(H2,16,21)(H,18,20). The summed E-state index contributed by atoms with van der Waals surface area (Å²) in [7, 11) is 0. The molecule has 1 aromatic carbocycles. The third-order valence-electron chi connectivity index (χ3n) is 2.80. The van der Waals surface area contributed by atoms with Crippen molar-refractivity contribution in [3.8, 4) is 0 Å². The van der Waals surface area contributed by atoms with Crippen LogP contribution in [0.1, 0.15) is 29.8 Å². The smallest absolute Gasteiger partial charge is 0.368 e. The quantitative estimate of drug-likeness (QED) is 0.491. The van der Waals surface area contributed by atoms with Crippen LogP contribution in [0.2, 0.25) is 0 Å². The number of hydrogen-bond acceptors (Lipinski definition) is 4. The molecule has 116 valence electrons. The fraction of sp³-hybridized carbons (Fsp3) is 0.333. The molecule has 1 rings (SSSR count). The molecular formula is C12H15F3N4O2. The molecule has 9 heteroatoms. The molecule has 0 fully saturated rings. The van der Waals surface area contributed by atoms with Crippen molar-refractivity contribution in [2.45, 2.75) is 25.6 Å². The van der Waals surface area contributed by atoms with E-state index in [2.05, 4.69) is 5.32 Å². The SMILES string of the molecule is CC(C)(NC(=O)c1cccc(C(F)(F)F)c1NN)C(N)=O. The molecule has 0 heterocycles. The van der Waals surface area contributed by atoms with E-state index in [0.717, 1.165) is 18.2 Å². The number of carbonyl (C=O) groups is 2. The second-order valence-electron chi connectivity index (χ2n) is 4.81. The molecule has 0 saturated heterocycles. The molecule has 21 heavy (non-hydrogen) atoms. The number of primary amides is 1. The first-order chi connectivity index (χ1) is 9.50. The summed E-state index contributed by atoms with van der Waals surface area (Å²) in [6.07, 6.45) is -4.68. The Labute approximate surface area is 118 Å². The Morgan fingerprint density at radius 1 is 1.19 bits per heavy atom. The van der Waals surface area contributed by atoms with Crippen LogP contribution >= 0.6 is 0 Å². The Hall–Kier alpha value is -2.29. The third-order valence-corrected chi connectivity index (χ3v) is 2.80. The molecule has 6 nitrogen and oxygen atoms in total. The fourth-order valence-corrected chi connectivity index (χ4v) is 1.55. The highest BCUT2D eigenvalue weighted by atomic mass is 19.4. The lowest BCUT2D eigenvalue weighted by atomic mass is 10.0. The normalized spacial score (nSPS) is 11.9. The minimum absolute atomic E-state index is 0.346. The Morgan fingerprint density at radius 3 is 2.19 bits per heavy atom. The average Bonchev–Trinajstić information content (AvgIpc) is 2.35. The van der Waals surface area contributed by atoms with E-state index in [1.165, 1.54) is 13.8 Å². The van der Waals surface area contributed by atoms with Crippen LogP contribution in [-0.2, 0) is 11.0 Å². The van der Waals surface area contributed by atoms with Gasteiger partial charge >= 0.3 is 6.18 Å². The van der Waals surface area contributed by atoms with Crippen molar-refractivity contribution < 1.29 is 22.8 Å². The molecule has 0 bridgehead atoms. The van der Waals surface area contributed by atoms with Crippen molar-refractivity contribution in [2.24, 2.45) is 11.6 Å². The Kier molecular flexibility index (Phi) is 4.47. The van der Waals surface area contributed by atoms with Gasteiger partial charge in [-0.1, -0.05) is 6.07 Å². The molecule has 1 aromatic rings. The summed E-state index contributed by atoms with van der Waals surface area (Å²) < 4.78 is 38.5. The van der Waals surface area contributed by atoms with Gasteiger partial charge in [0.15, 0.2) is 0 Å².